The van der Waals surface area contributed by atoms with Crippen LogP contribution in [0.15, 0.2) is 46.9 Å². The van der Waals surface area contributed by atoms with Crippen LogP contribution in [0.5, 0.6) is 5.75 Å². The van der Waals surface area contributed by atoms with Crippen molar-refractivity contribution in [2.45, 2.75) is 18.1 Å². The van der Waals surface area contributed by atoms with E-state index in [0.29, 0.717) is 10.0 Å². The van der Waals surface area contributed by atoms with Crippen molar-refractivity contribution < 1.29 is 19.9 Å². The van der Waals surface area contributed by atoms with Crippen LogP contribution in [-0.2, 0) is 0 Å². The first-order chi connectivity index (χ1) is 11.0. The summed E-state index contributed by atoms with van der Waals surface area (Å²) in [5, 5.41) is 32.0. The number of rotatable bonds is 2. The van der Waals surface area contributed by atoms with Crippen molar-refractivity contribution in [1.82, 2.24) is 0 Å². The van der Waals surface area contributed by atoms with E-state index in [1.807, 2.05) is 30.3 Å². The standard InChI is InChI=1S/C16H14BrNO5/c17-10-6-11-14(9-4-2-1-3-5-9)15(20)13(19)8-23-16(11)12(7-10)18(21)22/h1-7,13-15,19-20H,8H2. The number of benzene rings is 2. The lowest BCUT2D eigenvalue weighted by molar-refractivity contribution is -0.386. The van der Waals surface area contributed by atoms with Gasteiger partial charge < -0.3 is 14.9 Å². The molecule has 6 nitrogen and oxygen atoms in total. The molecule has 1 aliphatic rings. The number of ether oxygens (including phenoxy) is 1. The summed E-state index contributed by atoms with van der Waals surface area (Å²) >= 11 is 3.27. The van der Waals surface area contributed by atoms with Gasteiger partial charge in [0.1, 0.15) is 12.7 Å². The number of nitro benzene ring substituents is 1. The second kappa shape index (κ2) is 6.27. The molecule has 2 aromatic carbocycles. The first-order valence-electron chi connectivity index (χ1n) is 7.00. The topological polar surface area (TPSA) is 92.8 Å². The fourth-order valence-corrected chi connectivity index (χ4v) is 3.30. The van der Waals surface area contributed by atoms with Gasteiger partial charge in [0.05, 0.1) is 11.0 Å². The van der Waals surface area contributed by atoms with Crippen molar-refractivity contribution in [2.24, 2.45) is 0 Å². The molecule has 0 radical (unpaired) electrons. The Balaban J connectivity index is 2.25. The van der Waals surface area contributed by atoms with Crippen molar-refractivity contribution in [1.29, 1.82) is 0 Å². The molecule has 0 aliphatic carbocycles. The van der Waals surface area contributed by atoms with Crippen LogP contribution in [0.1, 0.15) is 17.0 Å². The van der Waals surface area contributed by atoms with Gasteiger partial charge in [-0.15, -0.1) is 0 Å². The number of fused-ring (bicyclic) bond motifs is 1. The first kappa shape index (κ1) is 15.9. The van der Waals surface area contributed by atoms with Crippen LogP contribution in [0.25, 0.3) is 0 Å². The van der Waals surface area contributed by atoms with E-state index in [1.165, 1.54) is 6.07 Å². The fraction of sp³-hybridized carbons (Fsp3) is 0.250. The van der Waals surface area contributed by atoms with Gasteiger partial charge >= 0.3 is 5.69 Å². The highest BCUT2D eigenvalue weighted by Gasteiger charge is 2.37. The molecule has 0 amide bonds. The zero-order valence-corrected chi connectivity index (χ0v) is 13.5. The summed E-state index contributed by atoms with van der Waals surface area (Å²) in [7, 11) is 0. The predicted octanol–water partition coefficient (Wildman–Crippen LogP) is 2.60. The van der Waals surface area contributed by atoms with Gasteiger partial charge in [-0.05, 0) is 11.6 Å². The van der Waals surface area contributed by atoms with Crippen LogP contribution in [0.3, 0.4) is 0 Å². The number of nitro groups is 1. The third-order valence-electron chi connectivity index (χ3n) is 3.89. The van der Waals surface area contributed by atoms with Gasteiger partial charge in [-0.1, -0.05) is 46.3 Å². The SMILES string of the molecule is O=[N+]([O-])c1cc(Br)cc2c1OCC(O)C(O)C2c1ccccc1. The van der Waals surface area contributed by atoms with E-state index < -0.39 is 23.0 Å². The molecule has 120 valence electrons. The highest BCUT2D eigenvalue weighted by molar-refractivity contribution is 9.10. The van der Waals surface area contributed by atoms with E-state index in [2.05, 4.69) is 15.9 Å². The lowest BCUT2D eigenvalue weighted by Gasteiger charge is -2.24. The van der Waals surface area contributed by atoms with Crippen LogP contribution in [0.4, 0.5) is 5.69 Å². The summed E-state index contributed by atoms with van der Waals surface area (Å²) in [6.07, 6.45) is -2.28. The summed E-state index contributed by atoms with van der Waals surface area (Å²) in [5.41, 5.74) is 1.02. The van der Waals surface area contributed by atoms with E-state index in [4.69, 9.17) is 4.74 Å². The molecule has 1 aliphatic heterocycles. The quantitative estimate of drug-likeness (QED) is 0.617. The van der Waals surface area contributed by atoms with Crippen LogP contribution in [0, 0.1) is 10.1 Å². The van der Waals surface area contributed by atoms with E-state index in [1.54, 1.807) is 6.07 Å². The molecule has 0 spiro atoms. The first-order valence-corrected chi connectivity index (χ1v) is 7.80. The van der Waals surface area contributed by atoms with E-state index >= 15 is 0 Å². The normalized spacial score (nSPS) is 23.5. The molecule has 0 bridgehead atoms. The van der Waals surface area contributed by atoms with Gasteiger partial charge in [0, 0.05) is 22.0 Å². The number of hydrogen-bond acceptors (Lipinski definition) is 5. The maximum atomic E-state index is 11.3. The number of aliphatic hydroxyl groups excluding tert-OH is 2. The molecular formula is C16H14BrNO5. The molecule has 2 aromatic rings. The average Bonchev–Trinajstić information content (AvgIpc) is 2.65. The van der Waals surface area contributed by atoms with E-state index in [9.17, 15) is 20.3 Å². The Morgan fingerprint density at radius 1 is 1.22 bits per heavy atom. The monoisotopic (exact) mass is 379 g/mol. The Morgan fingerprint density at radius 3 is 2.57 bits per heavy atom. The minimum absolute atomic E-state index is 0.0858. The molecule has 0 saturated carbocycles. The molecule has 0 fully saturated rings. The van der Waals surface area contributed by atoms with Gasteiger partial charge in [0.25, 0.3) is 0 Å². The molecule has 3 unspecified atom stereocenters. The number of hydrogen-bond donors (Lipinski definition) is 2. The maximum Gasteiger partial charge on any atom is 0.312 e. The molecule has 3 atom stereocenters. The molecule has 0 aromatic heterocycles. The van der Waals surface area contributed by atoms with Crippen molar-refractivity contribution in [3.05, 3.63) is 68.2 Å². The Kier molecular flexibility index (Phi) is 4.34. The van der Waals surface area contributed by atoms with Crippen molar-refractivity contribution in [3.63, 3.8) is 0 Å². The average molecular weight is 380 g/mol. The molecule has 1 heterocycles. The summed E-state index contributed by atoms with van der Waals surface area (Å²) in [5.74, 6) is -0.539. The Labute approximate surface area is 140 Å². The Bertz CT molecular complexity index is 737. The van der Waals surface area contributed by atoms with E-state index in [-0.39, 0.29) is 18.0 Å². The highest BCUT2D eigenvalue weighted by Crippen LogP contribution is 2.44. The zero-order valence-electron chi connectivity index (χ0n) is 11.9. The van der Waals surface area contributed by atoms with Crippen molar-refractivity contribution >= 4 is 21.6 Å². The summed E-state index contributed by atoms with van der Waals surface area (Å²) in [6, 6.07) is 12.1. The second-order valence-electron chi connectivity index (χ2n) is 5.36. The van der Waals surface area contributed by atoms with Gasteiger partial charge in [-0.2, -0.15) is 0 Å². The second-order valence-corrected chi connectivity index (χ2v) is 6.27. The highest BCUT2D eigenvalue weighted by atomic mass is 79.9. The van der Waals surface area contributed by atoms with Crippen LogP contribution >= 0.6 is 15.9 Å². The van der Waals surface area contributed by atoms with Crippen molar-refractivity contribution in [3.8, 4) is 5.75 Å². The lowest BCUT2D eigenvalue weighted by atomic mass is 9.84. The third-order valence-corrected chi connectivity index (χ3v) is 4.35. The summed E-state index contributed by atoms with van der Waals surface area (Å²) in [4.78, 5) is 10.8. The minimum Gasteiger partial charge on any atom is -0.484 e. The Morgan fingerprint density at radius 2 is 1.91 bits per heavy atom. The summed E-state index contributed by atoms with van der Waals surface area (Å²) < 4.78 is 5.97. The number of nitrogens with zero attached hydrogens (tertiary/aromatic N) is 1. The number of aliphatic hydroxyl groups is 2. The third kappa shape index (κ3) is 2.95. The smallest absolute Gasteiger partial charge is 0.312 e. The molecule has 2 N–H and O–H groups in total. The van der Waals surface area contributed by atoms with Crippen LogP contribution < -0.4 is 4.74 Å². The van der Waals surface area contributed by atoms with E-state index in [0.717, 1.165) is 5.56 Å². The molecule has 7 heteroatoms. The van der Waals surface area contributed by atoms with Gasteiger partial charge in [-0.25, -0.2) is 0 Å². The largest absolute Gasteiger partial charge is 0.484 e. The summed E-state index contributed by atoms with van der Waals surface area (Å²) in [6.45, 7) is -0.208. The minimum atomic E-state index is -1.15. The fourth-order valence-electron chi connectivity index (χ4n) is 2.83. The van der Waals surface area contributed by atoms with Gasteiger partial charge in [0.15, 0.2) is 0 Å². The molecule has 0 saturated heterocycles. The predicted molar refractivity (Wildman–Crippen MR) is 86.6 cm³/mol. The van der Waals surface area contributed by atoms with Gasteiger partial charge in [-0.3, -0.25) is 10.1 Å². The molecular weight excluding hydrogens is 366 g/mol. The van der Waals surface area contributed by atoms with Crippen molar-refractivity contribution in [2.75, 3.05) is 6.61 Å². The molecule has 23 heavy (non-hydrogen) atoms. The number of halogens is 1. The van der Waals surface area contributed by atoms with Crippen LogP contribution in [-0.4, -0.2) is 34.0 Å². The maximum absolute atomic E-state index is 11.3. The molecule has 3 rings (SSSR count). The lowest BCUT2D eigenvalue weighted by Crippen LogP contribution is -2.34. The van der Waals surface area contributed by atoms with Gasteiger partial charge in [0.2, 0.25) is 5.75 Å². The van der Waals surface area contributed by atoms with Crippen LogP contribution in [0.2, 0.25) is 0 Å². The Hall–Kier alpha value is -1.96. The zero-order chi connectivity index (χ0) is 16.6.